The van der Waals surface area contributed by atoms with Gasteiger partial charge >= 0.3 is 0 Å². The Morgan fingerprint density at radius 1 is 1.38 bits per heavy atom. The van der Waals surface area contributed by atoms with Gasteiger partial charge in [0.1, 0.15) is 11.4 Å². The number of fused-ring (bicyclic) bond motifs is 2. The lowest BCUT2D eigenvalue weighted by molar-refractivity contribution is -0.116. The summed E-state index contributed by atoms with van der Waals surface area (Å²) in [4.78, 5) is 37.5. The molecule has 0 fully saturated rings. The normalized spacial score (nSPS) is 16.1. The van der Waals surface area contributed by atoms with E-state index >= 15 is 0 Å². The number of aromatic nitrogens is 3. The van der Waals surface area contributed by atoms with E-state index in [4.69, 9.17) is 0 Å². The van der Waals surface area contributed by atoms with Gasteiger partial charge in [-0.2, -0.15) is 0 Å². The highest BCUT2D eigenvalue weighted by Gasteiger charge is 2.21. The molecule has 1 amide bonds. The van der Waals surface area contributed by atoms with Crippen molar-refractivity contribution in [1.82, 2.24) is 14.5 Å². The van der Waals surface area contributed by atoms with Crippen LogP contribution in [0.25, 0.3) is 20.7 Å². The predicted octanol–water partition coefficient (Wildman–Crippen LogP) is 4.41. The van der Waals surface area contributed by atoms with E-state index in [9.17, 15) is 9.59 Å². The molecule has 1 aliphatic rings. The molecule has 0 bridgehead atoms. The quantitative estimate of drug-likeness (QED) is 0.508. The van der Waals surface area contributed by atoms with Crippen molar-refractivity contribution in [2.24, 2.45) is 5.92 Å². The molecule has 1 aliphatic carbocycles. The van der Waals surface area contributed by atoms with Crippen LogP contribution < -0.4 is 10.9 Å². The lowest BCUT2D eigenvalue weighted by atomic mass is 9.93. The molecule has 9 heteroatoms. The fourth-order valence-corrected chi connectivity index (χ4v) is 6.51. The van der Waals surface area contributed by atoms with E-state index in [0.29, 0.717) is 21.3 Å². The number of hydrogen-bond acceptors (Lipinski definition) is 7. The Kier molecular flexibility index (Phi) is 4.81. The summed E-state index contributed by atoms with van der Waals surface area (Å²) < 4.78 is 1.37. The summed E-state index contributed by atoms with van der Waals surface area (Å²) in [5, 5.41) is 7.99. The molecule has 0 unspecified atom stereocenters. The molecule has 6 nitrogen and oxygen atoms in total. The van der Waals surface area contributed by atoms with Gasteiger partial charge in [-0.05, 0) is 36.6 Å². The summed E-state index contributed by atoms with van der Waals surface area (Å²) in [6.45, 7) is 2.16. The van der Waals surface area contributed by atoms with Crippen LogP contribution in [0.2, 0.25) is 0 Å². The largest absolute Gasteiger partial charge is 0.300 e. The average molecular weight is 443 g/mol. The topological polar surface area (TPSA) is 76.9 Å². The number of thiazole rings is 1. The van der Waals surface area contributed by atoms with E-state index in [1.165, 1.54) is 27.1 Å². The fourth-order valence-electron chi connectivity index (χ4n) is 3.60. The van der Waals surface area contributed by atoms with Crippen molar-refractivity contribution in [1.29, 1.82) is 0 Å². The smallest absolute Gasteiger partial charge is 0.263 e. The maximum absolute atomic E-state index is 13.0. The highest BCUT2D eigenvalue weighted by molar-refractivity contribution is 7.18. The van der Waals surface area contributed by atoms with Gasteiger partial charge in [0, 0.05) is 20.7 Å². The number of nitrogens with one attached hydrogen (secondary N) is 1. The lowest BCUT2D eigenvalue weighted by Gasteiger charge is -2.15. The summed E-state index contributed by atoms with van der Waals surface area (Å²) in [5.74, 6) is 0.395. The van der Waals surface area contributed by atoms with Crippen molar-refractivity contribution < 1.29 is 4.79 Å². The first-order valence-electron chi connectivity index (χ1n) is 9.37. The van der Waals surface area contributed by atoms with Crippen LogP contribution in [0.5, 0.6) is 0 Å². The average Bonchev–Trinajstić information content (AvgIpc) is 3.42. The fraction of sp³-hybridized carbons (Fsp3) is 0.300. The maximum atomic E-state index is 13.0. The van der Waals surface area contributed by atoms with Gasteiger partial charge in [0.25, 0.3) is 5.56 Å². The second-order valence-electron chi connectivity index (χ2n) is 7.27. The van der Waals surface area contributed by atoms with Gasteiger partial charge in [-0.25, -0.2) is 9.97 Å². The molecule has 0 saturated carbocycles. The number of hydrogen-bond donors (Lipinski definition) is 1. The SMILES string of the molecule is C[C@@H]1CCc2nc(NC(=O)Cn3cnc4scc(-c5cccs5)c4c3=O)sc2C1. The molecule has 0 radical (unpaired) electrons. The van der Waals surface area contributed by atoms with Crippen LogP contribution in [-0.4, -0.2) is 20.4 Å². The van der Waals surface area contributed by atoms with Crippen LogP contribution in [0, 0.1) is 5.92 Å². The summed E-state index contributed by atoms with van der Waals surface area (Å²) in [6.07, 6.45) is 4.57. The van der Waals surface area contributed by atoms with E-state index in [0.717, 1.165) is 35.4 Å². The third kappa shape index (κ3) is 3.54. The molecule has 4 heterocycles. The molecule has 0 spiro atoms. The molecule has 4 aromatic rings. The van der Waals surface area contributed by atoms with E-state index in [-0.39, 0.29) is 18.0 Å². The summed E-state index contributed by atoms with van der Waals surface area (Å²) in [5.41, 5.74) is 1.79. The number of rotatable bonds is 4. The number of carbonyl (C=O) groups is 1. The van der Waals surface area contributed by atoms with Crippen LogP contribution in [0.15, 0.2) is 34.0 Å². The minimum absolute atomic E-state index is 0.0812. The third-order valence-corrected chi connectivity index (χ3v) is 7.92. The highest BCUT2D eigenvalue weighted by atomic mass is 32.1. The summed E-state index contributed by atoms with van der Waals surface area (Å²) >= 11 is 4.57. The molecular formula is C20H18N4O2S3. The van der Waals surface area contributed by atoms with Gasteiger partial charge in [-0.1, -0.05) is 13.0 Å². The van der Waals surface area contributed by atoms with Gasteiger partial charge in [0.15, 0.2) is 5.13 Å². The molecule has 5 rings (SSSR count). The second kappa shape index (κ2) is 7.47. The summed E-state index contributed by atoms with van der Waals surface area (Å²) in [6, 6.07) is 3.95. The monoisotopic (exact) mass is 442 g/mol. The Bertz CT molecular complexity index is 1250. The standard InChI is InChI=1S/C20H18N4O2S3/c1-11-4-5-13-15(7-11)29-20(22-13)23-16(25)8-24-10-21-18-17(19(24)26)12(9-28-18)14-3-2-6-27-14/h2-3,6,9-11H,4-5,7-8H2,1H3,(H,22,23,25)/t11-/m1/s1. The number of aryl methyl sites for hydroxylation is 1. The molecule has 29 heavy (non-hydrogen) atoms. The van der Waals surface area contributed by atoms with Crippen molar-refractivity contribution in [3.63, 3.8) is 0 Å². The Balaban J connectivity index is 1.39. The Morgan fingerprint density at radius 2 is 2.28 bits per heavy atom. The van der Waals surface area contributed by atoms with Crippen LogP contribution in [0.1, 0.15) is 23.9 Å². The van der Waals surface area contributed by atoms with Crippen molar-refractivity contribution in [2.75, 3.05) is 5.32 Å². The van der Waals surface area contributed by atoms with Crippen LogP contribution in [-0.2, 0) is 24.2 Å². The first kappa shape index (κ1) is 18.7. The zero-order chi connectivity index (χ0) is 20.0. The first-order valence-corrected chi connectivity index (χ1v) is 11.9. The highest BCUT2D eigenvalue weighted by Crippen LogP contribution is 2.34. The van der Waals surface area contributed by atoms with Gasteiger partial charge in [-0.3, -0.25) is 14.2 Å². The molecule has 1 N–H and O–H groups in total. The number of anilines is 1. The van der Waals surface area contributed by atoms with E-state index in [2.05, 4.69) is 22.2 Å². The summed E-state index contributed by atoms with van der Waals surface area (Å²) in [7, 11) is 0. The van der Waals surface area contributed by atoms with Crippen LogP contribution in [0.3, 0.4) is 0 Å². The molecule has 0 aromatic carbocycles. The van der Waals surface area contributed by atoms with Gasteiger partial charge in [0.2, 0.25) is 5.91 Å². The van der Waals surface area contributed by atoms with Crippen molar-refractivity contribution in [2.45, 2.75) is 32.7 Å². The minimum atomic E-state index is -0.264. The minimum Gasteiger partial charge on any atom is -0.300 e. The predicted molar refractivity (Wildman–Crippen MR) is 119 cm³/mol. The number of amides is 1. The Hall–Kier alpha value is -2.36. The van der Waals surface area contributed by atoms with E-state index in [1.807, 2.05) is 22.9 Å². The van der Waals surface area contributed by atoms with Crippen molar-refractivity contribution in [3.8, 4) is 10.4 Å². The molecule has 0 saturated heterocycles. The van der Waals surface area contributed by atoms with E-state index < -0.39 is 0 Å². The first-order chi connectivity index (χ1) is 14.1. The lowest BCUT2D eigenvalue weighted by Crippen LogP contribution is -2.27. The van der Waals surface area contributed by atoms with Crippen molar-refractivity contribution in [3.05, 3.63) is 50.1 Å². The maximum Gasteiger partial charge on any atom is 0.263 e. The van der Waals surface area contributed by atoms with Crippen LogP contribution >= 0.6 is 34.0 Å². The number of thiophene rings is 2. The second-order valence-corrected chi connectivity index (χ2v) is 10.2. The zero-order valence-corrected chi connectivity index (χ0v) is 18.1. The molecule has 4 aromatic heterocycles. The molecular weight excluding hydrogens is 424 g/mol. The Labute approximate surface area is 178 Å². The van der Waals surface area contributed by atoms with Gasteiger partial charge < -0.3 is 5.32 Å². The van der Waals surface area contributed by atoms with Gasteiger partial charge in [-0.15, -0.1) is 34.0 Å². The number of nitrogens with zero attached hydrogens (tertiary/aromatic N) is 3. The number of carbonyl (C=O) groups excluding carboxylic acids is 1. The van der Waals surface area contributed by atoms with Crippen molar-refractivity contribution >= 4 is 55.3 Å². The molecule has 1 atom stereocenters. The zero-order valence-electron chi connectivity index (χ0n) is 15.7. The van der Waals surface area contributed by atoms with Crippen LogP contribution in [0.4, 0.5) is 5.13 Å². The van der Waals surface area contributed by atoms with E-state index in [1.54, 1.807) is 22.7 Å². The molecule has 0 aliphatic heterocycles. The third-order valence-electron chi connectivity index (χ3n) is 5.09. The molecule has 148 valence electrons. The van der Waals surface area contributed by atoms with Gasteiger partial charge in [0.05, 0.1) is 17.4 Å². The Morgan fingerprint density at radius 3 is 3.10 bits per heavy atom.